The van der Waals surface area contributed by atoms with Gasteiger partial charge in [0.25, 0.3) is 5.91 Å². The first-order valence-electron chi connectivity index (χ1n) is 9.70. The minimum atomic E-state index is -0.364. The van der Waals surface area contributed by atoms with Crippen LogP contribution in [0.4, 0.5) is 4.39 Å². The third-order valence-electron chi connectivity index (χ3n) is 4.53. The van der Waals surface area contributed by atoms with Gasteiger partial charge in [0.15, 0.2) is 5.16 Å². The van der Waals surface area contributed by atoms with Gasteiger partial charge >= 0.3 is 0 Å². The second-order valence-corrected chi connectivity index (χ2v) is 8.21. The lowest BCUT2D eigenvalue weighted by atomic mass is 10.1. The Morgan fingerprint density at radius 2 is 2.07 bits per heavy atom. The molecule has 0 fully saturated rings. The summed E-state index contributed by atoms with van der Waals surface area (Å²) in [6, 6.07) is 6.04. The van der Waals surface area contributed by atoms with Crippen molar-refractivity contribution in [2.45, 2.75) is 45.3 Å². The summed E-state index contributed by atoms with van der Waals surface area (Å²) in [5.74, 6) is 0.902. The van der Waals surface area contributed by atoms with Crippen molar-refractivity contribution in [3.8, 4) is 0 Å². The molecule has 0 bridgehead atoms. The molecule has 0 saturated carbocycles. The number of benzene rings is 1. The van der Waals surface area contributed by atoms with Gasteiger partial charge in [-0.25, -0.2) is 4.39 Å². The van der Waals surface area contributed by atoms with E-state index in [2.05, 4.69) is 38.9 Å². The molecule has 29 heavy (non-hydrogen) atoms. The molecule has 6 nitrogen and oxygen atoms in total. The van der Waals surface area contributed by atoms with Gasteiger partial charge in [0, 0.05) is 36.7 Å². The molecule has 0 saturated heterocycles. The molecule has 1 amide bonds. The Kier molecular flexibility index (Phi) is 6.84. The van der Waals surface area contributed by atoms with E-state index in [0.717, 1.165) is 30.4 Å². The fourth-order valence-electron chi connectivity index (χ4n) is 3.27. The van der Waals surface area contributed by atoms with Crippen LogP contribution in [0.3, 0.4) is 0 Å². The molecule has 3 rings (SSSR count). The number of hydrogen-bond donors (Lipinski definition) is 1. The van der Waals surface area contributed by atoms with E-state index < -0.39 is 0 Å². The number of thioether (sulfide) groups is 1. The van der Waals surface area contributed by atoms with Crippen molar-refractivity contribution in [3.63, 3.8) is 0 Å². The Morgan fingerprint density at radius 3 is 2.79 bits per heavy atom. The van der Waals surface area contributed by atoms with Crippen LogP contribution >= 0.6 is 11.8 Å². The lowest BCUT2D eigenvalue weighted by Crippen LogP contribution is -2.25. The summed E-state index contributed by atoms with van der Waals surface area (Å²) in [5, 5.41) is 13.1. The Balaban J connectivity index is 1.64. The van der Waals surface area contributed by atoms with Gasteiger partial charge < -0.3 is 9.88 Å². The number of halogens is 1. The summed E-state index contributed by atoms with van der Waals surface area (Å²) >= 11 is 1.59. The number of fused-ring (bicyclic) bond motifs is 1. The summed E-state index contributed by atoms with van der Waals surface area (Å²) in [7, 11) is 0. The van der Waals surface area contributed by atoms with E-state index in [1.165, 1.54) is 12.1 Å². The summed E-state index contributed by atoms with van der Waals surface area (Å²) in [6.45, 7) is 7.53. The molecule has 0 atom stereocenters. The Morgan fingerprint density at radius 1 is 1.28 bits per heavy atom. The van der Waals surface area contributed by atoms with Crippen molar-refractivity contribution in [1.82, 2.24) is 25.1 Å². The minimum Gasteiger partial charge on any atom is -0.352 e. The highest BCUT2D eigenvalue weighted by Crippen LogP contribution is 2.20. The van der Waals surface area contributed by atoms with Crippen LogP contribution < -0.4 is 5.32 Å². The number of hydrogen-bond acceptors (Lipinski definition) is 5. The second kappa shape index (κ2) is 9.35. The molecule has 0 spiro atoms. The van der Waals surface area contributed by atoms with Crippen LogP contribution in [0.2, 0.25) is 0 Å². The highest BCUT2D eigenvalue weighted by Gasteiger charge is 2.14. The first-order valence-corrected chi connectivity index (χ1v) is 10.9. The predicted molar refractivity (Wildman–Crippen MR) is 114 cm³/mol. The van der Waals surface area contributed by atoms with Gasteiger partial charge in [-0.15, -0.1) is 10.2 Å². The predicted octanol–water partition coefficient (Wildman–Crippen LogP) is 4.01. The van der Waals surface area contributed by atoms with Crippen LogP contribution in [0.5, 0.6) is 0 Å². The minimum absolute atomic E-state index is 0.180. The van der Waals surface area contributed by atoms with Gasteiger partial charge in [-0.05, 0) is 43.7 Å². The molecule has 0 aliphatic carbocycles. The molecule has 3 aromatic rings. The first kappa shape index (κ1) is 21.2. The molecule has 0 radical (unpaired) electrons. The van der Waals surface area contributed by atoms with Crippen molar-refractivity contribution < 1.29 is 9.18 Å². The summed E-state index contributed by atoms with van der Waals surface area (Å²) in [6.07, 6.45) is 3.49. The molecule has 2 heterocycles. The maximum absolute atomic E-state index is 13.5. The molecule has 0 aliphatic rings. The molecule has 0 aliphatic heterocycles. The quantitative estimate of drug-likeness (QED) is 0.444. The number of rotatable bonds is 8. The maximum atomic E-state index is 13.5. The molecule has 154 valence electrons. The fourth-order valence-corrected chi connectivity index (χ4v) is 3.79. The van der Waals surface area contributed by atoms with Gasteiger partial charge in [-0.2, -0.15) is 0 Å². The van der Waals surface area contributed by atoms with Crippen molar-refractivity contribution in [2.24, 2.45) is 5.92 Å². The maximum Gasteiger partial charge on any atom is 0.252 e. The average molecular weight is 416 g/mol. The van der Waals surface area contributed by atoms with Crippen LogP contribution in [0.25, 0.3) is 10.9 Å². The number of nitrogens with one attached hydrogen (secondary N) is 1. The summed E-state index contributed by atoms with van der Waals surface area (Å²) in [5.41, 5.74) is 1.68. The number of carbonyl (C=O) groups excluding carboxylic acids is 1. The number of aryl methyl sites for hydroxylation is 2. The Bertz CT molecular complexity index is 1010. The van der Waals surface area contributed by atoms with Crippen LogP contribution in [-0.2, 0) is 13.0 Å². The van der Waals surface area contributed by atoms with E-state index in [4.69, 9.17) is 0 Å². The second-order valence-electron chi connectivity index (χ2n) is 7.44. The van der Waals surface area contributed by atoms with Gasteiger partial charge in [-0.3, -0.25) is 9.78 Å². The molecule has 8 heteroatoms. The van der Waals surface area contributed by atoms with E-state index in [9.17, 15) is 9.18 Å². The van der Waals surface area contributed by atoms with Crippen molar-refractivity contribution in [1.29, 1.82) is 0 Å². The van der Waals surface area contributed by atoms with Crippen molar-refractivity contribution >= 4 is 28.6 Å². The van der Waals surface area contributed by atoms with Gasteiger partial charge in [-0.1, -0.05) is 25.6 Å². The Hall–Kier alpha value is -2.48. The Labute approximate surface area is 174 Å². The van der Waals surface area contributed by atoms with E-state index in [-0.39, 0.29) is 11.7 Å². The highest BCUT2D eigenvalue weighted by atomic mass is 32.2. The number of amides is 1. The molecular weight excluding hydrogens is 389 g/mol. The van der Waals surface area contributed by atoms with Crippen LogP contribution in [0.15, 0.2) is 29.4 Å². The first-order chi connectivity index (χ1) is 13.9. The highest BCUT2D eigenvalue weighted by molar-refractivity contribution is 7.98. The third-order valence-corrected chi connectivity index (χ3v) is 5.20. The van der Waals surface area contributed by atoms with Gasteiger partial charge in [0.05, 0.1) is 11.1 Å². The molecule has 1 aromatic carbocycles. The summed E-state index contributed by atoms with van der Waals surface area (Å²) < 4.78 is 15.7. The third kappa shape index (κ3) is 5.12. The van der Waals surface area contributed by atoms with Crippen molar-refractivity contribution in [2.75, 3.05) is 12.8 Å². The van der Waals surface area contributed by atoms with Crippen molar-refractivity contribution in [3.05, 3.63) is 47.2 Å². The SMILES string of the molecule is CSc1nnc(CCCNC(=O)c2cc(C)nc3cc(F)ccc23)n1CC(C)C. The average Bonchev–Trinajstić information content (AvgIpc) is 3.04. The molecular formula is C21H26FN5OS. The lowest BCUT2D eigenvalue weighted by molar-refractivity contribution is 0.0954. The van der Waals surface area contributed by atoms with Gasteiger partial charge in [0.2, 0.25) is 0 Å². The molecule has 0 unspecified atom stereocenters. The topological polar surface area (TPSA) is 72.7 Å². The van der Waals surface area contributed by atoms with E-state index in [0.29, 0.717) is 34.6 Å². The number of aromatic nitrogens is 4. The lowest BCUT2D eigenvalue weighted by Gasteiger charge is -2.12. The van der Waals surface area contributed by atoms with E-state index >= 15 is 0 Å². The zero-order chi connectivity index (χ0) is 21.0. The number of carbonyl (C=O) groups is 1. The normalized spacial score (nSPS) is 11.4. The zero-order valence-electron chi connectivity index (χ0n) is 17.2. The van der Waals surface area contributed by atoms with Crippen LogP contribution in [0.1, 0.15) is 42.1 Å². The smallest absolute Gasteiger partial charge is 0.252 e. The van der Waals surface area contributed by atoms with Gasteiger partial charge in [0.1, 0.15) is 11.6 Å². The standard InChI is InChI=1S/C21H26FN5OS/c1-13(2)12-27-19(25-26-21(27)29-4)6-5-9-23-20(28)17-10-14(3)24-18-11-15(22)7-8-16(17)18/h7-8,10-11,13H,5-6,9,12H2,1-4H3,(H,23,28). The largest absolute Gasteiger partial charge is 0.352 e. The van der Waals surface area contributed by atoms with E-state index in [1.54, 1.807) is 30.8 Å². The zero-order valence-corrected chi connectivity index (χ0v) is 18.0. The monoisotopic (exact) mass is 415 g/mol. The van der Waals surface area contributed by atoms with Crippen LogP contribution in [-0.4, -0.2) is 38.5 Å². The molecule has 2 aromatic heterocycles. The molecule has 1 N–H and O–H groups in total. The van der Waals surface area contributed by atoms with Crippen LogP contribution in [0, 0.1) is 18.7 Å². The number of pyridine rings is 1. The summed E-state index contributed by atoms with van der Waals surface area (Å²) in [4.78, 5) is 17.0. The number of nitrogens with zero attached hydrogens (tertiary/aromatic N) is 4. The fraction of sp³-hybridized carbons (Fsp3) is 0.429. The van der Waals surface area contributed by atoms with E-state index in [1.807, 2.05) is 6.26 Å².